The minimum Gasteiger partial charge on any atom is -0.338 e. The van der Waals surface area contributed by atoms with E-state index in [9.17, 15) is 13.6 Å². The number of hydrogen-bond acceptors (Lipinski definition) is 1. The van der Waals surface area contributed by atoms with Gasteiger partial charge in [-0.2, -0.15) is 0 Å². The Balaban J connectivity index is 1.77. The number of amides is 1. The molecular weight excluding hydrogens is 248 g/mol. The van der Waals surface area contributed by atoms with Crippen LogP contribution in [0.25, 0.3) is 0 Å². The Kier molecular flexibility index (Phi) is 3.25. The zero-order chi connectivity index (χ0) is 13.4. The maximum atomic E-state index is 13.6. The monoisotopic (exact) mass is 265 g/mol. The van der Waals surface area contributed by atoms with E-state index in [0.29, 0.717) is 11.8 Å². The van der Waals surface area contributed by atoms with E-state index < -0.39 is 11.6 Å². The van der Waals surface area contributed by atoms with Gasteiger partial charge in [-0.15, -0.1) is 0 Å². The fourth-order valence-electron chi connectivity index (χ4n) is 3.40. The van der Waals surface area contributed by atoms with Gasteiger partial charge in [0.05, 0.1) is 5.56 Å². The van der Waals surface area contributed by atoms with E-state index in [0.717, 1.165) is 25.2 Å². The van der Waals surface area contributed by atoms with Gasteiger partial charge in [0.15, 0.2) is 0 Å². The molecule has 1 aliphatic carbocycles. The first-order valence-electron chi connectivity index (χ1n) is 6.89. The molecule has 0 bridgehead atoms. The van der Waals surface area contributed by atoms with Crippen LogP contribution >= 0.6 is 0 Å². The summed E-state index contributed by atoms with van der Waals surface area (Å²) in [7, 11) is 0. The van der Waals surface area contributed by atoms with Crippen molar-refractivity contribution in [2.24, 2.45) is 11.8 Å². The van der Waals surface area contributed by atoms with E-state index in [1.54, 1.807) is 4.90 Å². The van der Waals surface area contributed by atoms with Gasteiger partial charge in [0, 0.05) is 19.2 Å². The lowest BCUT2D eigenvalue weighted by atomic mass is 9.82. The zero-order valence-corrected chi connectivity index (χ0v) is 10.7. The maximum absolute atomic E-state index is 13.6. The molecule has 0 N–H and O–H groups in total. The third-order valence-electron chi connectivity index (χ3n) is 4.43. The molecule has 1 aromatic rings. The first kappa shape index (κ1) is 12.6. The average molecular weight is 265 g/mol. The van der Waals surface area contributed by atoms with Crippen molar-refractivity contribution in [3.05, 3.63) is 35.4 Å². The van der Waals surface area contributed by atoms with Gasteiger partial charge in [-0.1, -0.05) is 12.8 Å². The number of carbonyl (C=O) groups excluding carboxylic acids is 1. The summed E-state index contributed by atoms with van der Waals surface area (Å²) in [4.78, 5) is 14.0. The molecule has 2 aliphatic rings. The van der Waals surface area contributed by atoms with E-state index in [-0.39, 0.29) is 11.5 Å². The summed E-state index contributed by atoms with van der Waals surface area (Å²) in [5.74, 6) is -0.571. The van der Waals surface area contributed by atoms with Crippen molar-refractivity contribution in [2.45, 2.75) is 25.7 Å². The van der Waals surface area contributed by atoms with Crippen molar-refractivity contribution in [2.75, 3.05) is 13.1 Å². The molecule has 1 heterocycles. The molecule has 19 heavy (non-hydrogen) atoms. The number of benzene rings is 1. The van der Waals surface area contributed by atoms with Crippen molar-refractivity contribution in [1.82, 2.24) is 4.90 Å². The van der Waals surface area contributed by atoms with Crippen LogP contribution in [0.5, 0.6) is 0 Å². The number of fused-ring (bicyclic) bond motifs is 1. The molecule has 2 nitrogen and oxygen atoms in total. The van der Waals surface area contributed by atoms with Crippen molar-refractivity contribution < 1.29 is 13.6 Å². The Hall–Kier alpha value is -1.45. The highest BCUT2D eigenvalue weighted by Gasteiger charge is 2.37. The molecule has 1 amide bonds. The van der Waals surface area contributed by atoms with Crippen molar-refractivity contribution in [3.63, 3.8) is 0 Å². The quantitative estimate of drug-likeness (QED) is 0.763. The summed E-state index contributed by atoms with van der Waals surface area (Å²) < 4.78 is 26.5. The Labute approximate surface area is 111 Å². The van der Waals surface area contributed by atoms with Gasteiger partial charge < -0.3 is 4.90 Å². The highest BCUT2D eigenvalue weighted by atomic mass is 19.1. The number of carbonyl (C=O) groups is 1. The van der Waals surface area contributed by atoms with Gasteiger partial charge in [-0.3, -0.25) is 4.79 Å². The lowest BCUT2D eigenvalue weighted by Gasteiger charge is -2.22. The van der Waals surface area contributed by atoms with Crippen LogP contribution in [0.3, 0.4) is 0 Å². The van der Waals surface area contributed by atoms with Crippen LogP contribution in [0.2, 0.25) is 0 Å². The summed E-state index contributed by atoms with van der Waals surface area (Å²) >= 11 is 0. The molecular formula is C15H17F2NO. The fourth-order valence-corrected chi connectivity index (χ4v) is 3.40. The molecule has 2 atom stereocenters. The van der Waals surface area contributed by atoms with Gasteiger partial charge in [0.2, 0.25) is 0 Å². The van der Waals surface area contributed by atoms with E-state index in [1.807, 2.05) is 0 Å². The van der Waals surface area contributed by atoms with Crippen molar-refractivity contribution in [3.8, 4) is 0 Å². The first-order chi connectivity index (χ1) is 9.15. The van der Waals surface area contributed by atoms with Crippen LogP contribution < -0.4 is 0 Å². The molecule has 0 aromatic heterocycles. The molecule has 2 unspecified atom stereocenters. The Morgan fingerprint density at radius 2 is 1.74 bits per heavy atom. The van der Waals surface area contributed by atoms with Gasteiger partial charge in [0.1, 0.15) is 11.6 Å². The Morgan fingerprint density at radius 1 is 1.11 bits per heavy atom. The van der Waals surface area contributed by atoms with E-state index in [4.69, 9.17) is 0 Å². The summed E-state index contributed by atoms with van der Waals surface area (Å²) in [5, 5.41) is 0. The second kappa shape index (κ2) is 4.91. The third-order valence-corrected chi connectivity index (χ3v) is 4.43. The van der Waals surface area contributed by atoms with E-state index in [1.165, 1.54) is 31.7 Å². The average Bonchev–Trinajstić information content (AvgIpc) is 2.81. The predicted molar refractivity (Wildman–Crippen MR) is 67.7 cm³/mol. The van der Waals surface area contributed by atoms with Gasteiger partial charge >= 0.3 is 0 Å². The molecule has 0 spiro atoms. The molecule has 3 rings (SSSR count). The van der Waals surface area contributed by atoms with Gasteiger partial charge in [-0.05, 0) is 36.8 Å². The van der Waals surface area contributed by atoms with Crippen LogP contribution in [0.4, 0.5) is 8.78 Å². The lowest BCUT2D eigenvalue weighted by Crippen LogP contribution is -2.29. The third kappa shape index (κ3) is 2.36. The van der Waals surface area contributed by atoms with Crippen molar-refractivity contribution in [1.29, 1.82) is 0 Å². The predicted octanol–water partition coefficient (Wildman–Crippen LogP) is 3.23. The number of halogens is 2. The number of likely N-dealkylation sites (tertiary alicyclic amines) is 1. The second-order valence-electron chi connectivity index (χ2n) is 5.64. The SMILES string of the molecule is O=C(c1ccc(F)cc1F)N1CC2CCCCC2C1. The minimum atomic E-state index is -0.764. The minimum absolute atomic E-state index is 0.0138. The summed E-state index contributed by atoms with van der Waals surface area (Å²) in [6.07, 6.45) is 4.79. The molecule has 1 aliphatic heterocycles. The summed E-state index contributed by atoms with van der Waals surface area (Å²) in [5.41, 5.74) is -0.0138. The van der Waals surface area contributed by atoms with Gasteiger partial charge in [-0.25, -0.2) is 8.78 Å². The molecule has 1 saturated heterocycles. The molecule has 4 heteroatoms. The van der Waals surface area contributed by atoms with Crippen molar-refractivity contribution >= 4 is 5.91 Å². The highest BCUT2D eigenvalue weighted by molar-refractivity contribution is 5.94. The number of nitrogens with zero attached hydrogens (tertiary/aromatic N) is 1. The largest absolute Gasteiger partial charge is 0.338 e. The van der Waals surface area contributed by atoms with E-state index in [2.05, 4.69) is 0 Å². The van der Waals surface area contributed by atoms with Crippen LogP contribution in [0.15, 0.2) is 18.2 Å². The topological polar surface area (TPSA) is 20.3 Å². The van der Waals surface area contributed by atoms with Crippen LogP contribution in [-0.4, -0.2) is 23.9 Å². The second-order valence-corrected chi connectivity index (χ2v) is 5.64. The van der Waals surface area contributed by atoms with Crippen LogP contribution in [-0.2, 0) is 0 Å². The zero-order valence-electron chi connectivity index (χ0n) is 10.7. The molecule has 0 radical (unpaired) electrons. The number of rotatable bonds is 1. The molecule has 1 saturated carbocycles. The molecule has 1 aromatic carbocycles. The van der Waals surface area contributed by atoms with Crippen LogP contribution in [0.1, 0.15) is 36.0 Å². The smallest absolute Gasteiger partial charge is 0.256 e. The molecule has 2 fully saturated rings. The highest BCUT2D eigenvalue weighted by Crippen LogP contribution is 2.36. The lowest BCUT2D eigenvalue weighted by molar-refractivity contribution is 0.0779. The standard InChI is InChI=1S/C15H17F2NO/c16-12-5-6-13(14(17)7-12)15(19)18-8-10-3-1-2-4-11(10)9-18/h5-7,10-11H,1-4,8-9H2. The van der Waals surface area contributed by atoms with E-state index >= 15 is 0 Å². The number of hydrogen-bond donors (Lipinski definition) is 0. The maximum Gasteiger partial charge on any atom is 0.256 e. The van der Waals surface area contributed by atoms with Gasteiger partial charge in [0.25, 0.3) is 5.91 Å². The summed E-state index contributed by atoms with van der Waals surface area (Å²) in [6, 6.07) is 3.16. The fraction of sp³-hybridized carbons (Fsp3) is 0.533. The first-order valence-corrected chi connectivity index (χ1v) is 6.89. The molecule has 102 valence electrons. The summed E-state index contributed by atoms with van der Waals surface area (Å²) in [6.45, 7) is 1.45. The Morgan fingerprint density at radius 3 is 2.32 bits per heavy atom. The van der Waals surface area contributed by atoms with Crippen LogP contribution in [0, 0.1) is 23.5 Å². The Bertz CT molecular complexity index is 489. The normalized spacial score (nSPS) is 26.3.